The predicted octanol–water partition coefficient (Wildman–Crippen LogP) is 5.26. The average Bonchev–Trinajstić information content (AvgIpc) is 3.04. The summed E-state index contributed by atoms with van der Waals surface area (Å²) in [6, 6.07) is 24.1. The van der Waals surface area contributed by atoms with Crippen LogP contribution in [-0.4, -0.2) is 42.1 Å². The van der Waals surface area contributed by atoms with Crippen molar-refractivity contribution in [1.82, 2.24) is 10.6 Å². The summed E-state index contributed by atoms with van der Waals surface area (Å²) in [5.74, 6) is -2.82. The Kier molecular flexibility index (Phi) is 14.0. The Morgan fingerprint density at radius 2 is 1.41 bits per heavy atom. The molecule has 2 amide bonds. The Bertz CT molecular complexity index is 1350. The number of carbonyl (C=O) groups excluding carboxylic acids is 3. The fourth-order valence-corrected chi connectivity index (χ4v) is 4.89. The van der Waals surface area contributed by atoms with E-state index in [0.717, 1.165) is 11.1 Å². The van der Waals surface area contributed by atoms with Gasteiger partial charge in [-0.1, -0.05) is 84.9 Å². The molecule has 0 radical (unpaired) electrons. The van der Waals surface area contributed by atoms with E-state index in [9.17, 15) is 23.9 Å². The smallest absolute Gasteiger partial charge is 0.310 e. The SMILES string of the molecule is C=CC[C@@H](CC(=O)N[C@@H](CO)Cc1ccccc1)C(=O)NC[C@H](OC(=O)[C@@H](CC=C)Cc1ccc(F)cc1)c1ccccc1. The van der Waals surface area contributed by atoms with Gasteiger partial charge in [0.1, 0.15) is 11.9 Å². The summed E-state index contributed by atoms with van der Waals surface area (Å²) < 4.78 is 19.3. The molecule has 3 aromatic carbocycles. The topological polar surface area (TPSA) is 105 Å². The van der Waals surface area contributed by atoms with E-state index in [-0.39, 0.29) is 43.6 Å². The van der Waals surface area contributed by atoms with Crippen molar-refractivity contribution in [3.63, 3.8) is 0 Å². The molecular weight excluding hydrogens is 559 g/mol. The Morgan fingerprint density at radius 3 is 2.02 bits per heavy atom. The number of nitrogens with one attached hydrogen (secondary N) is 2. The maximum Gasteiger partial charge on any atom is 0.310 e. The van der Waals surface area contributed by atoms with Gasteiger partial charge in [-0.25, -0.2) is 4.39 Å². The van der Waals surface area contributed by atoms with Crippen LogP contribution >= 0.6 is 0 Å². The first kappa shape index (κ1) is 33.9. The third-order valence-corrected chi connectivity index (χ3v) is 7.24. The highest BCUT2D eigenvalue weighted by atomic mass is 19.1. The largest absolute Gasteiger partial charge is 0.455 e. The lowest BCUT2D eigenvalue weighted by Gasteiger charge is -2.24. The number of aliphatic hydroxyl groups excluding tert-OH is 1. The first-order chi connectivity index (χ1) is 21.3. The molecule has 0 aromatic heterocycles. The number of allylic oxidation sites excluding steroid dienone is 2. The maximum absolute atomic E-state index is 13.4. The molecule has 4 atom stereocenters. The minimum atomic E-state index is -0.781. The van der Waals surface area contributed by atoms with Gasteiger partial charge in [-0.05, 0) is 54.5 Å². The average molecular weight is 601 g/mol. The highest BCUT2D eigenvalue weighted by Gasteiger charge is 2.27. The van der Waals surface area contributed by atoms with Crippen LogP contribution in [0.15, 0.2) is 110 Å². The molecule has 0 spiro atoms. The van der Waals surface area contributed by atoms with E-state index < -0.39 is 30.0 Å². The van der Waals surface area contributed by atoms with Gasteiger partial charge in [0.05, 0.1) is 31.0 Å². The predicted molar refractivity (Wildman–Crippen MR) is 169 cm³/mol. The molecule has 7 nitrogen and oxygen atoms in total. The molecule has 44 heavy (non-hydrogen) atoms. The summed E-state index contributed by atoms with van der Waals surface area (Å²) in [5, 5.41) is 15.5. The molecule has 8 heteroatoms. The van der Waals surface area contributed by atoms with E-state index in [1.54, 1.807) is 24.3 Å². The molecule has 0 bridgehead atoms. The van der Waals surface area contributed by atoms with E-state index in [4.69, 9.17) is 4.74 Å². The lowest BCUT2D eigenvalue weighted by atomic mass is 9.96. The second-order valence-corrected chi connectivity index (χ2v) is 10.7. The van der Waals surface area contributed by atoms with Crippen LogP contribution in [0.4, 0.5) is 4.39 Å². The van der Waals surface area contributed by atoms with Crippen LogP contribution in [0, 0.1) is 17.7 Å². The fraction of sp³-hybridized carbons (Fsp3) is 0.306. The summed E-state index contributed by atoms with van der Waals surface area (Å²) in [7, 11) is 0. The number of ether oxygens (including phenoxy) is 1. The monoisotopic (exact) mass is 600 g/mol. The number of carbonyl (C=O) groups is 3. The van der Waals surface area contributed by atoms with Crippen LogP contribution in [0.3, 0.4) is 0 Å². The van der Waals surface area contributed by atoms with Crippen LogP contribution in [0.5, 0.6) is 0 Å². The summed E-state index contributed by atoms with van der Waals surface area (Å²) in [4.78, 5) is 39.5. The highest BCUT2D eigenvalue weighted by molar-refractivity contribution is 5.86. The molecular formula is C36H41FN2O5. The van der Waals surface area contributed by atoms with Gasteiger partial charge >= 0.3 is 5.97 Å². The number of benzene rings is 3. The molecule has 3 rings (SSSR count). The first-order valence-electron chi connectivity index (χ1n) is 14.8. The highest BCUT2D eigenvalue weighted by Crippen LogP contribution is 2.23. The molecule has 3 N–H and O–H groups in total. The minimum absolute atomic E-state index is 0.00548. The standard InChI is InChI=1S/C36H41FN2O5/c1-3-11-29(23-34(41)39-32(25-40)22-26-13-7-5-8-14-26)35(42)38-24-33(28-15-9-6-10-16-28)44-36(43)30(12-4-2)21-27-17-19-31(37)20-18-27/h3-10,13-20,29-30,32-33,40H,1-2,11-12,21-25H2,(H,38,42)(H,39,41)/t29-,30-,32+,33-/m0/s1. The lowest BCUT2D eigenvalue weighted by Crippen LogP contribution is -2.42. The van der Waals surface area contributed by atoms with E-state index in [1.807, 2.05) is 60.7 Å². The molecule has 0 saturated carbocycles. The first-order valence-corrected chi connectivity index (χ1v) is 14.8. The zero-order valence-corrected chi connectivity index (χ0v) is 24.9. The van der Waals surface area contributed by atoms with E-state index >= 15 is 0 Å². The molecule has 0 saturated heterocycles. The number of hydrogen-bond acceptors (Lipinski definition) is 5. The maximum atomic E-state index is 13.4. The van der Waals surface area contributed by atoms with E-state index in [1.165, 1.54) is 12.1 Å². The Hall–Kier alpha value is -4.56. The van der Waals surface area contributed by atoms with Gasteiger partial charge in [0.2, 0.25) is 11.8 Å². The van der Waals surface area contributed by atoms with Crippen molar-refractivity contribution in [2.75, 3.05) is 13.2 Å². The molecule has 0 unspecified atom stereocenters. The van der Waals surface area contributed by atoms with Crippen molar-refractivity contribution in [3.8, 4) is 0 Å². The summed E-state index contributed by atoms with van der Waals surface area (Å²) in [6.07, 6.45) is 3.76. The lowest BCUT2D eigenvalue weighted by molar-refractivity contribution is -0.154. The van der Waals surface area contributed by atoms with Crippen molar-refractivity contribution < 1.29 is 28.6 Å². The molecule has 0 aliphatic heterocycles. The van der Waals surface area contributed by atoms with Crippen LogP contribution in [0.25, 0.3) is 0 Å². The van der Waals surface area contributed by atoms with Gasteiger partial charge in [-0.15, -0.1) is 13.2 Å². The molecule has 3 aromatic rings. The normalized spacial score (nSPS) is 13.5. The number of esters is 1. The quantitative estimate of drug-likeness (QED) is 0.136. The summed E-state index contributed by atoms with van der Waals surface area (Å²) in [5.41, 5.74) is 2.46. The summed E-state index contributed by atoms with van der Waals surface area (Å²) >= 11 is 0. The Balaban J connectivity index is 1.65. The number of amides is 2. The summed E-state index contributed by atoms with van der Waals surface area (Å²) in [6.45, 7) is 7.25. The van der Waals surface area contributed by atoms with Crippen LogP contribution < -0.4 is 10.6 Å². The molecule has 0 aliphatic rings. The number of hydrogen-bond donors (Lipinski definition) is 3. The molecule has 232 valence electrons. The van der Waals surface area contributed by atoms with Crippen LogP contribution in [0.1, 0.15) is 42.1 Å². The van der Waals surface area contributed by atoms with Crippen molar-refractivity contribution in [3.05, 3.63) is 133 Å². The number of halogens is 1. The zero-order valence-electron chi connectivity index (χ0n) is 24.9. The molecule has 0 aliphatic carbocycles. The molecule has 0 heterocycles. The second kappa shape index (κ2) is 18.2. The van der Waals surface area contributed by atoms with Crippen LogP contribution in [0.2, 0.25) is 0 Å². The van der Waals surface area contributed by atoms with Gasteiger partial charge in [-0.3, -0.25) is 14.4 Å². The van der Waals surface area contributed by atoms with Gasteiger partial charge < -0.3 is 20.5 Å². The van der Waals surface area contributed by atoms with Crippen molar-refractivity contribution >= 4 is 17.8 Å². The van der Waals surface area contributed by atoms with Gasteiger partial charge in [0, 0.05) is 6.42 Å². The van der Waals surface area contributed by atoms with Gasteiger partial charge in [0.25, 0.3) is 0 Å². The van der Waals surface area contributed by atoms with E-state index in [0.29, 0.717) is 24.8 Å². The van der Waals surface area contributed by atoms with Crippen LogP contribution in [-0.2, 0) is 32.0 Å². The number of rotatable bonds is 18. The van der Waals surface area contributed by atoms with E-state index in [2.05, 4.69) is 23.8 Å². The third-order valence-electron chi connectivity index (χ3n) is 7.24. The minimum Gasteiger partial charge on any atom is -0.455 e. The van der Waals surface area contributed by atoms with Crippen molar-refractivity contribution in [1.29, 1.82) is 0 Å². The Labute approximate surface area is 258 Å². The van der Waals surface area contributed by atoms with Gasteiger partial charge in [-0.2, -0.15) is 0 Å². The van der Waals surface area contributed by atoms with Crippen molar-refractivity contribution in [2.24, 2.45) is 11.8 Å². The van der Waals surface area contributed by atoms with Crippen molar-refractivity contribution in [2.45, 2.75) is 44.2 Å². The molecule has 0 fully saturated rings. The Morgan fingerprint density at radius 1 is 0.818 bits per heavy atom. The second-order valence-electron chi connectivity index (χ2n) is 10.7. The third kappa shape index (κ3) is 11.3. The fourth-order valence-electron chi connectivity index (χ4n) is 4.89. The zero-order chi connectivity index (χ0) is 31.7. The van der Waals surface area contributed by atoms with Gasteiger partial charge in [0.15, 0.2) is 0 Å². The number of aliphatic hydroxyl groups is 1.